The third-order valence-corrected chi connectivity index (χ3v) is 3.60. The van der Waals surface area contributed by atoms with Crippen LogP contribution in [-0.2, 0) is 6.42 Å². The van der Waals surface area contributed by atoms with Crippen molar-refractivity contribution in [1.29, 1.82) is 0 Å². The number of hydrogen-bond donors (Lipinski definition) is 2. The Kier molecular flexibility index (Phi) is 6.53. The second-order valence-electron chi connectivity index (χ2n) is 5.84. The first-order chi connectivity index (χ1) is 8.98. The maximum Gasteiger partial charge on any atom is 0.0743 e. The summed E-state index contributed by atoms with van der Waals surface area (Å²) in [6.07, 6.45) is 4.18. The lowest BCUT2D eigenvalue weighted by atomic mass is 9.99. The summed E-state index contributed by atoms with van der Waals surface area (Å²) in [5.41, 5.74) is 2.08. The van der Waals surface area contributed by atoms with Crippen LogP contribution in [0.25, 0.3) is 0 Å². The molecule has 0 aromatic heterocycles. The van der Waals surface area contributed by atoms with Crippen LogP contribution in [0.4, 0.5) is 0 Å². The topological polar surface area (TPSA) is 32.3 Å². The largest absolute Gasteiger partial charge is 0.389 e. The molecule has 2 unspecified atom stereocenters. The lowest BCUT2D eigenvalue weighted by Gasteiger charge is -2.25. The van der Waals surface area contributed by atoms with Crippen LogP contribution in [0.5, 0.6) is 0 Å². The van der Waals surface area contributed by atoms with Gasteiger partial charge in [0.25, 0.3) is 0 Å². The van der Waals surface area contributed by atoms with E-state index in [1.54, 1.807) is 0 Å². The van der Waals surface area contributed by atoms with Crippen molar-refractivity contribution in [2.24, 2.45) is 0 Å². The fourth-order valence-electron chi connectivity index (χ4n) is 2.38. The summed E-state index contributed by atoms with van der Waals surface area (Å²) >= 11 is 0. The molecule has 108 valence electrons. The van der Waals surface area contributed by atoms with E-state index in [1.165, 1.54) is 17.5 Å². The van der Waals surface area contributed by atoms with Gasteiger partial charge in [-0.1, -0.05) is 51.0 Å². The second-order valence-corrected chi connectivity index (χ2v) is 5.84. The van der Waals surface area contributed by atoms with Gasteiger partial charge in [0.2, 0.25) is 0 Å². The molecule has 0 saturated heterocycles. The van der Waals surface area contributed by atoms with E-state index in [9.17, 15) is 5.11 Å². The average molecular weight is 263 g/mol. The highest BCUT2D eigenvalue weighted by Crippen LogP contribution is 2.17. The van der Waals surface area contributed by atoms with Gasteiger partial charge in [0.1, 0.15) is 0 Å². The lowest BCUT2D eigenvalue weighted by Crippen LogP contribution is -2.38. The molecule has 0 amide bonds. The van der Waals surface area contributed by atoms with Crippen LogP contribution in [0.1, 0.15) is 64.1 Å². The van der Waals surface area contributed by atoms with Gasteiger partial charge in [0.15, 0.2) is 0 Å². The predicted molar refractivity (Wildman–Crippen MR) is 82.4 cm³/mol. The number of aliphatic hydroxyl groups is 1. The first-order valence-electron chi connectivity index (χ1n) is 7.53. The van der Waals surface area contributed by atoms with Gasteiger partial charge in [-0.3, -0.25) is 0 Å². The molecule has 2 heteroatoms. The van der Waals surface area contributed by atoms with E-state index in [4.69, 9.17) is 0 Å². The van der Waals surface area contributed by atoms with Crippen molar-refractivity contribution in [3.05, 3.63) is 35.4 Å². The molecule has 1 aromatic rings. The molecule has 0 radical (unpaired) electrons. The van der Waals surface area contributed by atoms with Gasteiger partial charge < -0.3 is 10.4 Å². The molecule has 2 N–H and O–H groups in total. The molecule has 0 fully saturated rings. The normalized spacial score (nSPS) is 16.1. The van der Waals surface area contributed by atoms with Gasteiger partial charge >= 0.3 is 0 Å². The summed E-state index contributed by atoms with van der Waals surface area (Å²) in [6.45, 7) is 8.99. The van der Waals surface area contributed by atoms with E-state index in [2.05, 4.69) is 50.4 Å². The van der Waals surface area contributed by atoms with Gasteiger partial charge in [-0.05, 0) is 37.8 Å². The molecule has 0 aliphatic heterocycles. The molecular formula is C17H29NO. The Labute approximate surface area is 118 Å². The first kappa shape index (κ1) is 16.2. The molecule has 0 heterocycles. The Hall–Kier alpha value is -0.860. The average Bonchev–Trinajstić information content (AvgIpc) is 2.37. The van der Waals surface area contributed by atoms with Crippen LogP contribution in [0.2, 0.25) is 0 Å². The first-order valence-corrected chi connectivity index (χ1v) is 7.53. The van der Waals surface area contributed by atoms with Crippen molar-refractivity contribution in [2.45, 2.75) is 65.0 Å². The SMILES string of the molecule is CCCc1ccc(C(C)NCC(C)(O)CCC)cc1. The molecule has 2 nitrogen and oxygen atoms in total. The molecule has 0 bridgehead atoms. The van der Waals surface area contributed by atoms with Crippen molar-refractivity contribution in [1.82, 2.24) is 5.32 Å². The van der Waals surface area contributed by atoms with Gasteiger partial charge in [-0.2, -0.15) is 0 Å². The Bertz CT molecular complexity index is 356. The van der Waals surface area contributed by atoms with Crippen molar-refractivity contribution in [3.63, 3.8) is 0 Å². The minimum atomic E-state index is -0.606. The number of benzene rings is 1. The van der Waals surface area contributed by atoms with E-state index >= 15 is 0 Å². The van der Waals surface area contributed by atoms with Crippen molar-refractivity contribution < 1.29 is 5.11 Å². The van der Waals surface area contributed by atoms with Crippen LogP contribution < -0.4 is 5.32 Å². The molecule has 19 heavy (non-hydrogen) atoms. The minimum Gasteiger partial charge on any atom is -0.389 e. The van der Waals surface area contributed by atoms with Crippen molar-refractivity contribution in [3.8, 4) is 0 Å². The summed E-state index contributed by atoms with van der Waals surface area (Å²) in [4.78, 5) is 0. The van der Waals surface area contributed by atoms with E-state index in [0.29, 0.717) is 6.54 Å². The Morgan fingerprint density at radius 2 is 1.79 bits per heavy atom. The fourth-order valence-corrected chi connectivity index (χ4v) is 2.38. The Morgan fingerprint density at radius 1 is 1.16 bits per heavy atom. The molecule has 1 aromatic carbocycles. The van der Waals surface area contributed by atoms with Crippen LogP contribution in [0.15, 0.2) is 24.3 Å². The van der Waals surface area contributed by atoms with Crippen molar-refractivity contribution >= 4 is 0 Å². The molecule has 0 aliphatic carbocycles. The second kappa shape index (κ2) is 7.66. The zero-order valence-electron chi connectivity index (χ0n) is 12.9. The zero-order chi connectivity index (χ0) is 14.3. The van der Waals surface area contributed by atoms with E-state index in [-0.39, 0.29) is 6.04 Å². The molecular weight excluding hydrogens is 234 g/mol. The molecule has 0 saturated carbocycles. The Balaban J connectivity index is 2.51. The maximum atomic E-state index is 10.2. The fraction of sp³-hybridized carbons (Fsp3) is 0.647. The van der Waals surface area contributed by atoms with Crippen LogP contribution >= 0.6 is 0 Å². The van der Waals surface area contributed by atoms with E-state index < -0.39 is 5.60 Å². The molecule has 0 spiro atoms. The third-order valence-electron chi connectivity index (χ3n) is 3.60. The van der Waals surface area contributed by atoms with Crippen molar-refractivity contribution in [2.75, 3.05) is 6.54 Å². The van der Waals surface area contributed by atoms with Crippen LogP contribution in [-0.4, -0.2) is 17.3 Å². The predicted octanol–water partition coefficient (Wildman–Crippen LogP) is 3.84. The summed E-state index contributed by atoms with van der Waals surface area (Å²) < 4.78 is 0. The number of nitrogens with one attached hydrogen (secondary N) is 1. The quantitative estimate of drug-likeness (QED) is 0.747. The van der Waals surface area contributed by atoms with Crippen LogP contribution in [0, 0.1) is 0 Å². The lowest BCUT2D eigenvalue weighted by molar-refractivity contribution is 0.0477. The summed E-state index contributed by atoms with van der Waals surface area (Å²) in [5.74, 6) is 0. The van der Waals surface area contributed by atoms with Gasteiger partial charge in [0, 0.05) is 12.6 Å². The monoisotopic (exact) mass is 263 g/mol. The van der Waals surface area contributed by atoms with Gasteiger partial charge in [0.05, 0.1) is 5.60 Å². The standard InChI is InChI=1S/C17H29NO/c1-5-7-15-8-10-16(11-9-15)14(3)18-13-17(4,19)12-6-2/h8-11,14,18-19H,5-7,12-13H2,1-4H3. The highest BCUT2D eigenvalue weighted by molar-refractivity contribution is 5.24. The number of rotatable bonds is 8. The number of hydrogen-bond acceptors (Lipinski definition) is 2. The minimum absolute atomic E-state index is 0.277. The zero-order valence-corrected chi connectivity index (χ0v) is 12.9. The maximum absolute atomic E-state index is 10.2. The van der Waals surface area contributed by atoms with E-state index in [0.717, 1.165) is 19.3 Å². The van der Waals surface area contributed by atoms with Gasteiger partial charge in [-0.15, -0.1) is 0 Å². The molecule has 1 rings (SSSR count). The van der Waals surface area contributed by atoms with E-state index in [1.807, 2.05) is 6.92 Å². The molecule has 0 aliphatic rings. The summed E-state index contributed by atoms with van der Waals surface area (Å²) in [5, 5.41) is 13.6. The highest BCUT2D eigenvalue weighted by Gasteiger charge is 2.19. The highest BCUT2D eigenvalue weighted by atomic mass is 16.3. The summed E-state index contributed by atoms with van der Waals surface area (Å²) in [6, 6.07) is 9.08. The van der Waals surface area contributed by atoms with Crippen LogP contribution in [0.3, 0.4) is 0 Å². The van der Waals surface area contributed by atoms with Gasteiger partial charge in [-0.25, -0.2) is 0 Å². The smallest absolute Gasteiger partial charge is 0.0743 e. The molecule has 2 atom stereocenters. The Morgan fingerprint density at radius 3 is 2.32 bits per heavy atom. The number of aryl methyl sites for hydroxylation is 1. The summed E-state index contributed by atoms with van der Waals surface area (Å²) in [7, 11) is 0. The third kappa shape index (κ3) is 5.75.